The zero-order valence-electron chi connectivity index (χ0n) is 10.2. The average molecular weight is 243 g/mol. The van der Waals surface area contributed by atoms with Crippen molar-refractivity contribution in [3.63, 3.8) is 0 Å². The number of hydrogen-bond donors (Lipinski definition) is 2. The van der Waals surface area contributed by atoms with E-state index in [-0.39, 0.29) is 5.41 Å². The molecule has 0 bridgehead atoms. The molecule has 1 saturated carbocycles. The highest BCUT2D eigenvalue weighted by atomic mass is 32.2. The van der Waals surface area contributed by atoms with Crippen LogP contribution in [-0.4, -0.2) is 36.3 Å². The molecule has 2 aliphatic rings. The van der Waals surface area contributed by atoms with E-state index in [9.17, 15) is 5.11 Å². The highest BCUT2D eigenvalue weighted by Crippen LogP contribution is 2.35. The van der Waals surface area contributed by atoms with Gasteiger partial charge >= 0.3 is 0 Å². The van der Waals surface area contributed by atoms with Crippen molar-refractivity contribution < 1.29 is 5.11 Å². The van der Waals surface area contributed by atoms with Crippen LogP contribution in [0.4, 0.5) is 0 Å². The normalized spacial score (nSPS) is 29.4. The van der Waals surface area contributed by atoms with E-state index in [4.69, 9.17) is 0 Å². The van der Waals surface area contributed by atoms with Gasteiger partial charge in [0.2, 0.25) is 0 Å². The lowest BCUT2D eigenvalue weighted by atomic mass is 9.74. The van der Waals surface area contributed by atoms with Crippen molar-refractivity contribution in [1.82, 2.24) is 5.32 Å². The summed E-state index contributed by atoms with van der Waals surface area (Å²) in [5.41, 5.74) is 0.212. The van der Waals surface area contributed by atoms with Crippen molar-refractivity contribution >= 4 is 11.8 Å². The summed E-state index contributed by atoms with van der Waals surface area (Å²) in [7, 11) is 0. The minimum absolute atomic E-state index is 0.212. The van der Waals surface area contributed by atoms with Crippen LogP contribution in [-0.2, 0) is 0 Å². The monoisotopic (exact) mass is 243 g/mol. The highest BCUT2D eigenvalue weighted by molar-refractivity contribution is 7.99. The van der Waals surface area contributed by atoms with E-state index in [2.05, 4.69) is 17.1 Å². The van der Waals surface area contributed by atoms with Gasteiger partial charge in [-0.3, -0.25) is 0 Å². The van der Waals surface area contributed by atoms with E-state index in [1.54, 1.807) is 0 Å². The largest absolute Gasteiger partial charge is 0.396 e. The Balaban J connectivity index is 1.69. The molecule has 2 rings (SSSR count). The van der Waals surface area contributed by atoms with Crippen molar-refractivity contribution in [3.8, 4) is 0 Å². The molecule has 0 aromatic carbocycles. The third kappa shape index (κ3) is 3.38. The van der Waals surface area contributed by atoms with Crippen LogP contribution in [0.2, 0.25) is 0 Å². The predicted octanol–water partition coefficient (Wildman–Crippen LogP) is 2.27. The SMILES string of the molecule is OCC1(CNCC2CCSC2)CCCCC1. The molecule has 94 valence electrons. The zero-order valence-corrected chi connectivity index (χ0v) is 11.0. The van der Waals surface area contributed by atoms with Crippen LogP contribution >= 0.6 is 11.8 Å². The van der Waals surface area contributed by atoms with Gasteiger partial charge in [0, 0.05) is 18.6 Å². The molecule has 3 heteroatoms. The van der Waals surface area contributed by atoms with Crippen molar-refractivity contribution in [2.45, 2.75) is 38.5 Å². The van der Waals surface area contributed by atoms with Crippen molar-refractivity contribution in [1.29, 1.82) is 0 Å². The van der Waals surface area contributed by atoms with E-state index in [0.29, 0.717) is 6.61 Å². The summed E-state index contributed by atoms with van der Waals surface area (Å²) in [6, 6.07) is 0. The lowest BCUT2D eigenvalue weighted by molar-refractivity contribution is 0.0806. The van der Waals surface area contributed by atoms with Crippen molar-refractivity contribution in [2.24, 2.45) is 11.3 Å². The standard InChI is InChI=1S/C13H25NOS/c15-11-13(5-2-1-3-6-13)10-14-8-12-4-7-16-9-12/h12,14-15H,1-11H2. The molecule has 2 nitrogen and oxygen atoms in total. The number of rotatable bonds is 5. The molecule has 1 atom stereocenters. The zero-order chi connectivity index (χ0) is 11.3. The van der Waals surface area contributed by atoms with E-state index in [1.165, 1.54) is 50.0 Å². The molecule has 1 aliphatic carbocycles. The molecular formula is C13H25NOS. The summed E-state index contributed by atoms with van der Waals surface area (Å²) in [6.07, 6.45) is 7.79. The molecule has 1 saturated heterocycles. The van der Waals surface area contributed by atoms with Gasteiger partial charge in [-0.05, 0) is 43.2 Å². The minimum atomic E-state index is 0.212. The number of nitrogens with one attached hydrogen (secondary N) is 1. The minimum Gasteiger partial charge on any atom is -0.396 e. The highest BCUT2D eigenvalue weighted by Gasteiger charge is 2.31. The molecular weight excluding hydrogens is 218 g/mol. The summed E-state index contributed by atoms with van der Waals surface area (Å²) in [4.78, 5) is 0. The summed E-state index contributed by atoms with van der Waals surface area (Å²) >= 11 is 2.08. The first-order chi connectivity index (χ1) is 7.85. The van der Waals surface area contributed by atoms with Gasteiger partial charge in [0.15, 0.2) is 0 Å². The maximum absolute atomic E-state index is 9.59. The van der Waals surface area contributed by atoms with Gasteiger partial charge in [-0.1, -0.05) is 19.3 Å². The summed E-state index contributed by atoms with van der Waals surface area (Å²) in [5.74, 6) is 3.56. The second-order valence-corrected chi connectivity index (χ2v) is 6.73. The second-order valence-electron chi connectivity index (χ2n) is 5.58. The fourth-order valence-electron chi connectivity index (χ4n) is 2.98. The first kappa shape index (κ1) is 12.7. The lowest BCUT2D eigenvalue weighted by Gasteiger charge is -2.36. The van der Waals surface area contributed by atoms with Gasteiger partial charge in [0.25, 0.3) is 0 Å². The Morgan fingerprint density at radius 3 is 2.69 bits per heavy atom. The number of thioether (sulfide) groups is 1. The van der Waals surface area contributed by atoms with Crippen LogP contribution in [0.3, 0.4) is 0 Å². The molecule has 2 fully saturated rings. The number of aliphatic hydroxyl groups excluding tert-OH is 1. The Hall–Kier alpha value is 0.270. The van der Waals surface area contributed by atoms with Gasteiger partial charge in [-0.2, -0.15) is 11.8 Å². The molecule has 0 aromatic rings. The third-order valence-electron chi connectivity index (χ3n) is 4.21. The van der Waals surface area contributed by atoms with Crippen LogP contribution in [0.5, 0.6) is 0 Å². The smallest absolute Gasteiger partial charge is 0.0499 e. The Labute approximate surface area is 104 Å². The average Bonchev–Trinajstić information content (AvgIpc) is 2.83. The van der Waals surface area contributed by atoms with Crippen LogP contribution in [0.25, 0.3) is 0 Å². The number of hydrogen-bond acceptors (Lipinski definition) is 3. The predicted molar refractivity (Wildman–Crippen MR) is 70.9 cm³/mol. The van der Waals surface area contributed by atoms with E-state index in [1.807, 2.05) is 0 Å². The fourth-order valence-corrected chi connectivity index (χ4v) is 4.26. The molecule has 16 heavy (non-hydrogen) atoms. The third-order valence-corrected chi connectivity index (χ3v) is 5.44. The summed E-state index contributed by atoms with van der Waals surface area (Å²) in [5, 5.41) is 13.2. The lowest BCUT2D eigenvalue weighted by Crippen LogP contribution is -2.40. The van der Waals surface area contributed by atoms with Crippen LogP contribution < -0.4 is 5.32 Å². The fraction of sp³-hybridized carbons (Fsp3) is 1.00. The Bertz CT molecular complexity index is 198. The van der Waals surface area contributed by atoms with E-state index in [0.717, 1.165) is 19.0 Å². The van der Waals surface area contributed by atoms with E-state index < -0.39 is 0 Å². The van der Waals surface area contributed by atoms with Gasteiger partial charge in [-0.25, -0.2) is 0 Å². The van der Waals surface area contributed by atoms with Crippen LogP contribution in [0.15, 0.2) is 0 Å². The van der Waals surface area contributed by atoms with Gasteiger partial charge in [-0.15, -0.1) is 0 Å². The Morgan fingerprint density at radius 2 is 2.06 bits per heavy atom. The molecule has 2 N–H and O–H groups in total. The van der Waals surface area contributed by atoms with Gasteiger partial charge in [0.05, 0.1) is 0 Å². The first-order valence-corrected chi connectivity index (χ1v) is 7.89. The van der Waals surface area contributed by atoms with Crippen LogP contribution in [0.1, 0.15) is 38.5 Å². The second kappa shape index (κ2) is 6.27. The quantitative estimate of drug-likeness (QED) is 0.777. The molecule has 1 heterocycles. The van der Waals surface area contributed by atoms with Gasteiger partial charge in [0.1, 0.15) is 0 Å². The molecule has 0 aromatic heterocycles. The first-order valence-electron chi connectivity index (χ1n) is 6.74. The Kier molecular flexibility index (Phi) is 4.98. The molecule has 1 unspecified atom stereocenters. The molecule has 1 aliphatic heterocycles. The molecule has 0 amide bonds. The molecule has 0 spiro atoms. The number of aliphatic hydroxyl groups is 1. The summed E-state index contributed by atoms with van der Waals surface area (Å²) < 4.78 is 0. The van der Waals surface area contributed by atoms with Gasteiger partial charge < -0.3 is 10.4 Å². The maximum atomic E-state index is 9.59. The van der Waals surface area contributed by atoms with Crippen molar-refractivity contribution in [2.75, 3.05) is 31.2 Å². The summed E-state index contributed by atoms with van der Waals surface area (Å²) in [6.45, 7) is 2.57. The van der Waals surface area contributed by atoms with E-state index >= 15 is 0 Å². The topological polar surface area (TPSA) is 32.3 Å². The molecule has 0 radical (unpaired) electrons. The van der Waals surface area contributed by atoms with Crippen molar-refractivity contribution in [3.05, 3.63) is 0 Å². The van der Waals surface area contributed by atoms with Crippen LogP contribution in [0, 0.1) is 11.3 Å². The Morgan fingerprint density at radius 1 is 1.25 bits per heavy atom. The maximum Gasteiger partial charge on any atom is 0.0499 e.